The predicted octanol–water partition coefficient (Wildman–Crippen LogP) is 1.35. The summed E-state index contributed by atoms with van der Waals surface area (Å²) in [6, 6.07) is 2.04. The van der Waals surface area contributed by atoms with Gasteiger partial charge in [-0.1, -0.05) is 0 Å². The molecule has 112 valence electrons. The summed E-state index contributed by atoms with van der Waals surface area (Å²) in [5.74, 6) is 1.96. The third-order valence-corrected chi connectivity index (χ3v) is 3.94. The molecule has 0 aliphatic carbocycles. The van der Waals surface area contributed by atoms with Gasteiger partial charge in [-0.25, -0.2) is 15.0 Å². The van der Waals surface area contributed by atoms with Gasteiger partial charge in [0.2, 0.25) is 0 Å². The molecule has 0 spiro atoms. The van der Waals surface area contributed by atoms with Crippen LogP contribution in [0.2, 0.25) is 0 Å². The van der Waals surface area contributed by atoms with Gasteiger partial charge < -0.3 is 15.0 Å². The van der Waals surface area contributed by atoms with Crippen LogP contribution in [-0.4, -0.2) is 56.2 Å². The lowest BCUT2D eigenvalue weighted by Gasteiger charge is -2.32. The quantitative estimate of drug-likeness (QED) is 0.887. The summed E-state index contributed by atoms with van der Waals surface area (Å²) in [6.07, 6.45) is 5.81. The van der Waals surface area contributed by atoms with Crippen LogP contribution in [0.1, 0.15) is 30.3 Å². The van der Waals surface area contributed by atoms with Crippen molar-refractivity contribution in [1.29, 1.82) is 0 Å². The second kappa shape index (κ2) is 6.32. The highest BCUT2D eigenvalue weighted by atomic mass is 16.3. The summed E-state index contributed by atoms with van der Waals surface area (Å²) in [6.45, 7) is 4.89. The topological polar surface area (TPSA) is 77.9 Å². The molecule has 0 radical (unpaired) electrons. The van der Waals surface area contributed by atoms with Gasteiger partial charge >= 0.3 is 0 Å². The number of aromatic amines is 1. The average molecular weight is 287 g/mol. The van der Waals surface area contributed by atoms with Gasteiger partial charge in [-0.05, 0) is 32.4 Å². The molecular formula is C15H21N5O. The Bertz CT molecular complexity index is 582. The van der Waals surface area contributed by atoms with Crippen LogP contribution in [0.4, 0.5) is 0 Å². The molecule has 6 nitrogen and oxygen atoms in total. The van der Waals surface area contributed by atoms with Crippen molar-refractivity contribution in [2.75, 3.05) is 26.2 Å². The number of aliphatic hydroxyl groups is 1. The first-order valence-corrected chi connectivity index (χ1v) is 7.45. The molecule has 1 aliphatic heterocycles. The molecule has 1 aliphatic rings. The van der Waals surface area contributed by atoms with E-state index in [0.29, 0.717) is 5.92 Å². The highest BCUT2D eigenvalue weighted by molar-refractivity contribution is 5.49. The van der Waals surface area contributed by atoms with Crippen LogP contribution in [0.15, 0.2) is 18.5 Å². The van der Waals surface area contributed by atoms with E-state index in [2.05, 4.69) is 24.8 Å². The number of nitrogens with one attached hydrogen (secondary N) is 1. The summed E-state index contributed by atoms with van der Waals surface area (Å²) in [7, 11) is 0. The van der Waals surface area contributed by atoms with Crippen molar-refractivity contribution in [3.8, 4) is 11.5 Å². The molecular weight excluding hydrogens is 266 g/mol. The van der Waals surface area contributed by atoms with E-state index in [9.17, 15) is 0 Å². The van der Waals surface area contributed by atoms with Crippen molar-refractivity contribution in [3.63, 3.8) is 0 Å². The third-order valence-electron chi connectivity index (χ3n) is 3.94. The standard InChI is InChI=1S/C15H21N5O/c1-11-18-13(9-14(19-11)15-16-4-5-17-15)12-3-2-6-20(10-12)7-8-21/h4-5,9,12,21H,2-3,6-8,10H2,1H3,(H,16,17). The number of aliphatic hydroxyl groups excluding tert-OH is 1. The van der Waals surface area contributed by atoms with Gasteiger partial charge in [-0.3, -0.25) is 0 Å². The molecule has 1 unspecified atom stereocenters. The van der Waals surface area contributed by atoms with Gasteiger partial charge in [-0.2, -0.15) is 0 Å². The Morgan fingerprint density at radius 1 is 1.43 bits per heavy atom. The fraction of sp³-hybridized carbons (Fsp3) is 0.533. The Hall–Kier alpha value is -1.79. The van der Waals surface area contributed by atoms with E-state index in [1.807, 2.05) is 13.0 Å². The van der Waals surface area contributed by atoms with Crippen molar-refractivity contribution in [2.45, 2.75) is 25.7 Å². The van der Waals surface area contributed by atoms with Gasteiger partial charge in [0.25, 0.3) is 0 Å². The highest BCUT2D eigenvalue weighted by Crippen LogP contribution is 2.27. The highest BCUT2D eigenvalue weighted by Gasteiger charge is 2.23. The average Bonchev–Trinajstić information content (AvgIpc) is 3.01. The normalized spacial score (nSPS) is 19.8. The van der Waals surface area contributed by atoms with Crippen LogP contribution in [0.3, 0.4) is 0 Å². The van der Waals surface area contributed by atoms with Crippen LogP contribution in [0.25, 0.3) is 11.5 Å². The first-order valence-electron chi connectivity index (χ1n) is 7.45. The van der Waals surface area contributed by atoms with Crippen LogP contribution in [-0.2, 0) is 0 Å². The van der Waals surface area contributed by atoms with E-state index in [1.165, 1.54) is 0 Å². The maximum Gasteiger partial charge on any atom is 0.156 e. The minimum atomic E-state index is 0.215. The Morgan fingerprint density at radius 3 is 3.10 bits per heavy atom. The van der Waals surface area contributed by atoms with E-state index in [1.54, 1.807) is 12.4 Å². The largest absolute Gasteiger partial charge is 0.395 e. The van der Waals surface area contributed by atoms with E-state index in [-0.39, 0.29) is 6.61 Å². The molecule has 2 aromatic heterocycles. The molecule has 2 N–H and O–H groups in total. The molecule has 1 fully saturated rings. The number of H-pyrrole nitrogens is 1. The molecule has 6 heteroatoms. The number of hydrogen-bond acceptors (Lipinski definition) is 5. The zero-order chi connectivity index (χ0) is 14.7. The van der Waals surface area contributed by atoms with Gasteiger partial charge in [-0.15, -0.1) is 0 Å². The fourth-order valence-corrected chi connectivity index (χ4v) is 2.97. The van der Waals surface area contributed by atoms with E-state index in [0.717, 1.165) is 55.5 Å². The zero-order valence-electron chi connectivity index (χ0n) is 12.3. The molecule has 2 aromatic rings. The molecule has 0 bridgehead atoms. The van der Waals surface area contributed by atoms with Crippen LogP contribution in [0, 0.1) is 6.92 Å². The first kappa shape index (κ1) is 14.2. The van der Waals surface area contributed by atoms with E-state index < -0.39 is 0 Å². The summed E-state index contributed by atoms with van der Waals surface area (Å²) < 4.78 is 0. The molecule has 0 amide bonds. The first-order chi connectivity index (χ1) is 10.3. The van der Waals surface area contributed by atoms with Crippen molar-refractivity contribution < 1.29 is 5.11 Å². The Labute approximate surface area is 124 Å². The van der Waals surface area contributed by atoms with Gasteiger partial charge in [0.1, 0.15) is 11.5 Å². The zero-order valence-corrected chi connectivity index (χ0v) is 12.3. The molecule has 0 saturated carbocycles. The monoisotopic (exact) mass is 287 g/mol. The van der Waals surface area contributed by atoms with Crippen LogP contribution >= 0.6 is 0 Å². The number of hydrogen-bond donors (Lipinski definition) is 2. The van der Waals surface area contributed by atoms with Crippen molar-refractivity contribution in [1.82, 2.24) is 24.8 Å². The minimum absolute atomic E-state index is 0.215. The number of likely N-dealkylation sites (tertiary alicyclic amines) is 1. The Balaban J connectivity index is 1.84. The Kier molecular flexibility index (Phi) is 4.26. The van der Waals surface area contributed by atoms with Gasteiger partial charge in [0.05, 0.1) is 6.61 Å². The van der Waals surface area contributed by atoms with Gasteiger partial charge in [0.15, 0.2) is 5.82 Å². The molecule has 21 heavy (non-hydrogen) atoms. The second-order valence-electron chi connectivity index (χ2n) is 5.53. The lowest BCUT2D eigenvalue weighted by atomic mass is 9.94. The summed E-state index contributed by atoms with van der Waals surface area (Å²) in [5, 5.41) is 9.11. The number of aryl methyl sites for hydroxylation is 1. The van der Waals surface area contributed by atoms with Crippen molar-refractivity contribution in [2.24, 2.45) is 0 Å². The molecule has 1 saturated heterocycles. The summed E-state index contributed by atoms with van der Waals surface area (Å²) in [4.78, 5) is 18.8. The molecule has 3 rings (SSSR count). The fourth-order valence-electron chi connectivity index (χ4n) is 2.97. The predicted molar refractivity (Wildman–Crippen MR) is 79.9 cm³/mol. The van der Waals surface area contributed by atoms with E-state index >= 15 is 0 Å². The Morgan fingerprint density at radius 2 is 2.33 bits per heavy atom. The van der Waals surface area contributed by atoms with Crippen LogP contribution in [0.5, 0.6) is 0 Å². The smallest absolute Gasteiger partial charge is 0.156 e. The van der Waals surface area contributed by atoms with Crippen molar-refractivity contribution >= 4 is 0 Å². The third kappa shape index (κ3) is 3.28. The number of rotatable bonds is 4. The maximum atomic E-state index is 9.11. The van der Waals surface area contributed by atoms with E-state index in [4.69, 9.17) is 5.11 Å². The molecule has 1 atom stereocenters. The summed E-state index contributed by atoms with van der Waals surface area (Å²) in [5.41, 5.74) is 1.93. The number of β-amino-alcohol motifs (C(OH)–C–C–N with tert-alkyl or cyclic N) is 1. The maximum absolute atomic E-state index is 9.11. The van der Waals surface area contributed by atoms with Crippen molar-refractivity contribution in [3.05, 3.63) is 30.0 Å². The molecule has 3 heterocycles. The number of nitrogens with zero attached hydrogens (tertiary/aromatic N) is 4. The lowest BCUT2D eigenvalue weighted by Crippen LogP contribution is -2.36. The molecule has 0 aromatic carbocycles. The summed E-state index contributed by atoms with van der Waals surface area (Å²) >= 11 is 0. The SMILES string of the molecule is Cc1nc(-c2ncc[nH]2)cc(C2CCCN(CCO)C2)n1. The van der Waals surface area contributed by atoms with Crippen LogP contribution < -0.4 is 0 Å². The minimum Gasteiger partial charge on any atom is -0.395 e. The van der Waals surface area contributed by atoms with Gasteiger partial charge in [0, 0.05) is 37.1 Å². The number of aromatic nitrogens is 4. The number of piperidine rings is 1. The lowest BCUT2D eigenvalue weighted by molar-refractivity contribution is 0.160. The number of imidazole rings is 1. The second-order valence-corrected chi connectivity index (χ2v) is 5.53.